The summed E-state index contributed by atoms with van der Waals surface area (Å²) in [7, 11) is 0. The molecule has 0 aliphatic carbocycles. The highest BCUT2D eigenvalue weighted by Crippen LogP contribution is 2.19. The Labute approximate surface area is 98.4 Å². The lowest BCUT2D eigenvalue weighted by Crippen LogP contribution is -1.84. The summed E-state index contributed by atoms with van der Waals surface area (Å²) in [6.07, 6.45) is 4.47. The second-order valence-corrected chi connectivity index (χ2v) is 3.83. The minimum Gasteiger partial charge on any atom is -0.306 e. The number of benzene rings is 1. The first-order valence-electron chi connectivity index (χ1n) is 5.36. The van der Waals surface area contributed by atoms with Gasteiger partial charge in [0.05, 0.1) is 0 Å². The molecule has 3 rings (SSSR count). The maximum Gasteiger partial charge on any atom is 0.170 e. The molecule has 0 aliphatic rings. The van der Waals surface area contributed by atoms with Crippen LogP contribution < -0.4 is 0 Å². The molecular weight excluding hydrogens is 212 g/mol. The van der Waals surface area contributed by atoms with Gasteiger partial charge in [0.25, 0.3) is 0 Å². The van der Waals surface area contributed by atoms with Gasteiger partial charge in [0.1, 0.15) is 11.3 Å². The van der Waals surface area contributed by atoms with Crippen LogP contribution in [-0.4, -0.2) is 15.7 Å². The first-order chi connectivity index (χ1) is 8.36. The summed E-state index contributed by atoms with van der Waals surface area (Å²) in [6.45, 7) is 0. The molecule has 0 amide bonds. The Morgan fingerprint density at radius 2 is 1.76 bits per heavy atom. The van der Waals surface area contributed by atoms with Gasteiger partial charge in [0.15, 0.2) is 6.29 Å². The van der Waals surface area contributed by atoms with E-state index in [9.17, 15) is 4.79 Å². The largest absolute Gasteiger partial charge is 0.306 e. The van der Waals surface area contributed by atoms with Crippen molar-refractivity contribution in [3.8, 4) is 11.1 Å². The zero-order valence-electron chi connectivity index (χ0n) is 9.08. The van der Waals surface area contributed by atoms with Gasteiger partial charge in [0, 0.05) is 12.4 Å². The van der Waals surface area contributed by atoms with Crippen LogP contribution in [0.1, 0.15) is 10.5 Å². The number of aromatic nitrogens is 2. The Balaban J connectivity index is 2.16. The minimum atomic E-state index is 0.454. The van der Waals surface area contributed by atoms with Crippen LogP contribution in [0.15, 0.2) is 54.9 Å². The fourth-order valence-corrected chi connectivity index (χ4v) is 1.87. The van der Waals surface area contributed by atoms with Crippen LogP contribution in [0, 0.1) is 0 Å². The van der Waals surface area contributed by atoms with Crippen LogP contribution in [-0.2, 0) is 0 Å². The van der Waals surface area contributed by atoms with E-state index in [0.29, 0.717) is 5.69 Å². The summed E-state index contributed by atoms with van der Waals surface area (Å²) in [5.74, 6) is 0. The van der Waals surface area contributed by atoms with Crippen LogP contribution in [0.3, 0.4) is 0 Å². The highest BCUT2D eigenvalue weighted by atomic mass is 16.1. The number of carbonyl (C=O) groups is 1. The second kappa shape index (κ2) is 3.87. The topological polar surface area (TPSA) is 34.4 Å². The summed E-state index contributed by atoms with van der Waals surface area (Å²) in [6, 6.07) is 14.0. The molecule has 3 aromatic rings. The lowest BCUT2D eigenvalue weighted by Gasteiger charge is -2.01. The zero-order valence-corrected chi connectivity index (χ0v) is 9.08. The van der Waals surface area contributed by atoms with E-state index < -0.39 is 0 Å². The highest BCUT2D eigenvalue weighted by Gasteiger charge is 2.02. The van der Waals surface area contributed by atoms with E-state index in [1.165, 1.54) is 0 Å². The van der Waals surface area contributed by atoms with Gasteiger partial charge < -0.3 is 4.40 Å². The second-order valence-electron chi connectivity index (χ2n) is 3.83. The standard InChI is InChI=1S/C14H10N2O/c17-10-13-9-16-8-12(6-7-14(16)15-13)11-4-2-1-3-5-11/h1-10H. The van der Waals surface area contributed by atoms with Crippen molar-refractivity contribution < 1.29 is 4.79 Å². The van der Waals surface area contributed by atoms with Gasteiger partial charge in [-0.25, -0.2) is 4.98 Å². The number of pyridine rings is 1. The SMILES string of the molecule is O=Cc1cn2cc(-c3ccccc3)ccc2n1. The van der Waals surface area contributed by atoms with Crippen LogP contribution in [0.25, 0.3) is 16.8 Å². The van der Waals surface area contributed by atoms with Crippen molar-refractivity contribution >= 4 is 11.9 Å². The van der Waals surface area contributed by atoms with Crippen LogP contribution in [0.4, 0.5) is 0 Å². The molecule has 0 saturated carbocycles. The molecule has 3 heteroatoms. The molecule has 0 spiro atoms. The van der Waals surface area contributed by atoms with Crippen LogP contribution in [0.5, 0.6) is 0 Å². The van der Waals surface area contributed by atoms with E-state index in [1.807, 2.05) is 40.9 Å². The Hall–Kier alpha value is -2.42. The highest BCUT2D eigenvalue weighted by molar-refractivity contribution is 5.74. The first-order valence-corrected chi connectivity index (χ1v) is 5.36. The maximum absolute atomic E-state index is 10.7. The van der Waals surface area contributed by atoms with Crippen LogP contribution >= 0.6 is 0 Å². The normalized spacial score (nSPS) is 10.6. The summed E-state index contributed by atoms with van der Waals surface area (Å²) < 4.78 is 1.87. The van der Waals surface area contributed by atoms with Crippen molar-refractivity contribution in [3.63, 3.8) is 0 Å². The number of nitrogens with zero attached hydrogens (tertiary/aromatic N) is 2. The summed E-state index contributed by atoms with van der Waals surface area (Å²) >= 11 is 0. The molecule has 0 unspecified atom stereocenters. The van der Waals surface area contributed by atoms with Crippen molar-refractivity contribution in [1.29, 1.82) is 0 Å². The molecule has 0 N–H and O–H groups in total. The van der Waals surface area contributed by atoms with Crippen molar-refractivity contribution in [2.45, 2.75) is 0 Å². The van der Waals surface area contributed by atoms with E-state index in [1.54, 1.807) is 6.20 Å². The monoisotopic (exact) mass is 222 g/mol. The van der Waals surface area contributed by atoms with Crippen LogP contribution in [0.2, 0.25) is 0 Å². The maximum atomic E-state index is 10.7. The molecule has 0 bridgehead atoms. The molecule has 17 heavy (non-hydrogen) atoms. The summed E-state index contributed by atoms with van der Waals surface area (Å²) in [4.78, 5) is 14.8. The molecule has 3 nitrogen and oxygen atoms in total. The molecule has 0 aliphatic heterocycles. The molecule has 0 radical (unpaired) electrons. The van der Waals surface area contributed by atoms with Gasteiger partial charge >= 0.3 is 0 Å². The fraction of sp³-hybridized carbons (Fsp3) is 0. The lowest BCUT2D eigenvalue weighted by atomic mass is 10.1. The zero-order chi connectivity index (χ0) is 11.7. The van der Waals surface area contributed by atoms with Gasteiger partial charge in [-0.1, -0.05) is 30.3 Å². The van der Waals surface area contributed by atoms with E-state index in [0.717, 1.165) is 23.1 Å². The third-order valence-electron chi connectivity index (χ3n) is 2.70. The van der Waals surface area contributed by atoms with E-state index in [4.69, 9.17) is 0 Å². The molecule has 1 aromatic carbocycles. The number of fused-ring (bicyclic) bond motifs is 1. The van der Waals surface area contributed by atoms with Gasteiger partial charge in [0.2, 0.25) is 0 Å². The molecule has 0 fully saturated rings. The number of carbonyl (C=O) groups excluding carboxylic acids is 1. The molecule has 0 saturated heterocycles. The first kappa shape index (κ1) is 9.78. The third kappa shape index (κ3) is 1.72. The van der Waals surface area contributed by atoms with E-state index in [-0.39, 0.29) is 0 Å². The van der Waals surface area contributed by atoms with Gasteiger partial charge in [-0.2, -0.15) is 0 Å². The summed E-state index contributed by atoms with van der Waals surface area (Å²) in [5.41, 5.74) is 3.49. The Kier molecular flexibility index (Phi) is 2.22. The smallest absolute Gasteiger partial charge is 0.170 e. The average Bonchev–Trinajstić information content (AvgIpc) is 2.81. The molecule has 2 heterocycles. The molecular formula is C14H10N2O. The van der Waals surface area contributed by atoms with Gasteiger partial charge in [-0.05, 0) is 23.3 Å². The van der Waals surface area contributed by atoms with E-state index in [2.05, 4.69) is 17.1 Å². The van der Waals surface area contributed by atoms with Crippen molar-refractivity contribution in [1.82, 2.24) is 9.38 Å². The quantitative estimate of drug-likeness (QED) is 0.625. The van der Waals surface area contributed by atoms with E-state index >= 15 is 0 Å². The minimum absolute atomic E-state index is 0.454. The number of aldehydes is 1. The molecule has 0 atom stereocenters. The Bertz CT molecular complexity index is 671. The Morgan fingerprint density at radius 3 is 2.53 bits per heavy atom. The van der Waals surface area contributed by atoms with Crippen molar-refractivity contribution in [2.75, 3.05) is 0 Å². The molecule has 2 aromatic heterocycles. The predicted molar refractivity (Wildman–Crippen MR) is 66.0 cm³/mol. The number of rotatable bonds is 2. The van der Waals surface area contributed by atoms with Gasteiger partial charge in [-0.3, -0.25) is 4.79 Å². The average molecular weight is 222 g/mol. The predicted octanol–water partition coefficient (Wildman–Crippen LogP) is 2.81. The number of hydrogen-bond donors (Lipinski definition) is 0. The molecule has 82 valence electrons. The van der Waals surface area contributed by atoms with Crippen molar-refractivity contribution in [3.05, 3.63) is 60.6 Å². The van der Waals surface area contributed by atoms with Crippen molar-refractivity contribution in [2.24, 2.45) is 0 Å². The Morgan fingerprint density at radius 1 is 0.941 bits per heavy atom. The number of imidazole rings is 1. The van der Waals surface area contributed by atoms with Gasteiger partial charge in [-0.15, -0.1) is 0 Å². The fourth-order valence-electron chi connectivity index (χ4n) is 1.87. The number of hydrogen-bond acceptors (Lipinski definition) is 2. The third-order valence-corrected chi connectivity index (χ3v) is 2.70. The lowest BCUT2D eigenvalue weighted by molar-refractivity contribution is 0.111. The summed E-state index contributed by atoms with van der Waals surface area (Å²) in [5, 5.41) is 0.